The van der Waals surface area contributed by atoms with Crippen LogP contribution in [0.15, 0.2) is 17.1 Å². The van der Waals surface area contributed by atoms with Crippen molar-refractivity contribution in [3.05, 3.63) is 29.1 Å². The van der Waals surface area contributed by atoms with Crippen LogP contribution in [0.4, 0.5) is 9.18 Å². The van der Waals surface area contributed by atoms with Crippen molar-refractivity contribution in [2.24, 2.45) is 4.99 Å². The summed E-state index contributed by atoms with van der Waals surface area (Å²) < 4.78 is 29.9. The molecule has 0 aromatic heterocycles. The first kappa shape index (κ1) is 24.4. The van der Waals surface area contributed by atoms with E-state index in [1.54, 1.807) is 11.9 Å². The number of benzene rings is 1. The number of halogens is 2. The fourth-order valence-corrected chi connectivity index (χ4v) is 3.19. The van der Waals surface area contributed by atoms with Crippen LogP contribution in [0.5, 0.6) is 5.75 Å². The minimum Gasteiger partial charge on any atom is -0.467 e. The second-order valence-corrected chi connectivity index (χ2v) is 8.14. The van der Waals surface area contributed by atoms with Crippen LogP contribution in [0.3, 0.4) is 0 Å². The Morgan fingerprint density at radius 2 is 2.10 bits per heavy atom. The molecule has 30 heavy (non-hydrogen) atoms. The van der Waals surface area contributed by atoms with Gasteiger partial charge in [-0.1, -0.05) is 0 Å². The van der Waals surface area contributed by atoms with E-state index in [-0.39, 0.29) is 48.7 Å². The quantitative estimate of drug-likeness (QED) is 0.350. The maximum absolute atomic E-state index is 13.8. The molecule has 8 nitrogen and oxygen atoms in total. The topological polar surface area (TPSA) is 84.4 Å². The number of amides is 1. The number of hydrogen-bond acceptors (Lipinski definition) is 5. The van der Waals surface area contributed by atoms with Gasteiger partial charge in [0.05, 0.1) is 12.6 Å². The largest absolute Gasteiger partial charge is 0.467 e. The van der Waals surface area contributed by atoms with Crippen LogP contribution in [0.1, 0.15) is 31.9 Å². The standard InChI is InChI=1S/C20H29FN4O4.HI/c1-20(2,3)29-19(26)25-9-16(10-25)24-18(22-4)23-6-5-13-7-15(21)8-14-11-27-12-28-17(13)14;/h7-8,16H,5-6,9-12H2,1-4H3,(H2,22,23,24);1H. The monoisotopic (exact) mass is 536 g/mol. The van der Waals surface area contributed by atoms with Crippen molar-refractivity contribution < 1.29 is 23.4 Å². The van der Waals surface area contributed by atoms with Crippen LogP contribution in [0.2, 0.25) is 0 Å². The molecule has 10 heteroatoms. The Balaban J connectivity index is 0.00000320. The van der Waals surface area contributed by atoms with E-state index in [1.807, 2.05) is 20.8 Å². The Kier molecular flexibility index (Phi) is 8.53. The van der Waals surface area contributed by atoms with Crippen molar-refractivity contribution in [2.45, 2.75) is 45.4 Å². The van der Waals surface area contributed by atoms with Gasteiger partial charge in [-0.3, -0.25) is 4.99 Å². The number of carbonyl (C=O) groups is 1. The van der Waals surface area contributed by atoms with Crippen LogP contribution >= 0.6 is 24.0 Å². The SMILES string of the molecule is CN=C(NCCc1cc(F)cc2c1OCOC2)NC1CN(C(=O)OC(C)(C)C)C1.I. The Hall–Kier alpha value is -1.82. The van der Waals surface area contributed by atoms with Gasteiger partial charge in [-0.2, -0.15) is 0 Å². The average molecular weight is 536 g/mol. The third kappa shape index (κ3) is 6.59. The average Bonchev–Trinajstić information content (AvgIpc) is 2.60. The molecule has 2 heterocycles. The fraction of sp³-hybridized carbons (Fsp3) is 0.600. The Morgan fingerprint density at radius 1 is 1.37 bits per heavy atom. The zero-order valence-corrected chi connectivity index (χ0v) is 20.1. The van der Waals surface area contributed by atoms with Crippen molar-refractivity contribution in [2.75, 3.05) is 33.5 Å². The van der Waals surface area contributed by atoms with Crippen molar-refractivity contribution in [3.8, 4) is 5.75 Å². The maximum Gasteiger partial charge on any atom is 0.410 e. The Bertz CT molecular complexity index is 779. The first-order valence-corrected chi connectivity index (χ1v) is 9.72. The van der Waals surface area contributed by atoms with E-state index in [9.17, 15) is 9.18 Å². The van der Waals surface area contributed by atoms with E-state index in [4.69, 9.17) is 14.2 Å². The number of nitrogens with one attached hydrogen (secondary N) is 2. The van der Waals surface area contributed by atoms with Crippen molar-refractivity contribution in [1.82, 2.24) is 15.5 Å². The summed E-state index contributed by atoms with van der Waals surface area (Å²) in [4.78, 5) is 17.9. The van der Waals surface area contributed by atoms with E-state index >= 15 is 0 Å². The number of guanidine groups is 1. The summed E-state index contributed by atoms with van der Waals surface area (Å²) in [6, 6.07) is 3.04. The van der Waals surface area contributed by atoms with Crippen LogP contribution in [0, 0.1) is 5.82 Å². The van der Waals surface area contributed by atoms with Gasteiger partial charge in [-0.25, -0.2) is 9.18 Å². The number of ether oxygens (including phenoxy) is 3. The molecule has 2 N–H and O–H groups in total. The summed E-state index contributed by atoms with van der Waals surface area (Å²) in [6.45, 7) is 7.74. The van der Waals surface area contributed by atoms with Crippen LogP contribution < -0.4 is 15.4 Å². The molecular weight excluding hydrogens is 506 g/mol. The third-order valence-corrected chi connectivity index (χ3v) is 4.54. The lowest BCUT2D eigenvalue weighted by molar-refractivity contribution is -0.0172. The van der Waals surface area contributed by atoms with Crippen LogP contribution in [0.25, 0.3) is 0 Å². The number of hydrogen-bond donors (Lipinski definition) is 2. The van der Waals surface area contributed by atoms with Gasteiger partial charge in [0.2, 0.25) is 0 Å². The molecule has 168 valence electrons. The first-order chi connectivity index (χ1) is 13.7. The zero-order valence-electron chi connectivity index (χ0n) is 17.8. The summed E-state index contributed by atoms with van der Waals surface area (Å²) in [7, 11) is 1.68. The molecule has 0 radical (unpaired) electrons. The molecule has 1 amide bonds. The molecule has 3 rings (SSSR count). The smallest absolute Gasteiger partial charge is 0.410 e. The summed E-state index contributed by atoms with van der Waals surface area (Å²) in [6.07, 6.45) is 0.272. The van der Waals surface area contributed by atoms with Crippen LogP contribution in [-0.2, 0) is 22.5 Å². The molecule has 1 fully saturated rings. The van der Waals surface area contributed by atoms with Gasteiger partial charge in [0, 0.05) is 32.2 Å². The highest BCUT2D eigenvalue weighted by Gasteiger charge is 2.34. The predicted molar refractivity (Wildman–Crippen MR) is 122 cm³/mol. The molecule has 1 aromatic rings. The third-order valence-electron chi connectivity index (χ3n) is 4.54. The fourth-order valence-electron chi connectivity index (χ4n) is 3.19. The van der Waals surface area contributed by atoms with Crippen molar-refractivity contribution >= 4 is 36.0 Å². The number of carbonyl (C=O) groups excluding carboxylic acids is 1. The minimum absolute atomic E-state index is 0. The minimum atomic E-state index is -0.501. The molecule has 1 saturated heterocycles. The van der Waals surface area contributed by atoms with E-state index in [2.05, 4.69) is 15.6 Å². The lowest BCUT2D eigenvalue weighted by atomic mass is 10.1. The molecule has 1 aromatic carbocycles. The van der Waals surface area contributed by atoms with Gasteiger partial charge in [-0.15, -0.1) is 24.0 Å². The van der Waals surface area contributed by atoms with Gasteiger partial charge in [0.15, 0.2) is 12.8 Å². The summed E-state index contributed by atoms with van der Waals surface area (Å²) in [5.74, 6) is 1.04. The second kappa shape index (κ2) is 10.5. The van der Waals surface area contributed by atoms with E-state index in [0.29, 0.717) is 44.4 Å². The number of likely N-dealkylation sites (tertiary alicyclic amines) is 1. The number of rotatable bonds is 4. The molecule has 0 unspecified atom stereocenters. The number of nitrogens with zero attached hydrogens (tertiary/aromatic N) is 2. The predicted octanol–water partition coefficient (Wildman–Crippen LogP) is 2.64. The summed E-state index contributed by atoms with van der Waals surface area (Å²) >= 11 is 0. The highest BCUT2D eigenvalue weighted by molar-refractivity contribution is 14.0. The van der Waals surface area contributed by atoms with E-state index in [1.165, 1.54) is 12.1 Å². The molecule has 0 atom stereocenters. The van der Waals surface area contributed by atoms with Gasteiger partial charge in [-0.05, 0) is 44.9 Å². The molecule has 2 aliphatic heterocycles. The van der Waals surface area contributed by atoms with Gasteiger partial charge >= 0.3 is 6.09 Å². The lowest BCUT2D eigenvalue weighted by Crippen LogP contribution is -2.63. The van der Waals surface area contributed by atoms with Gasteiger partial charge in [0.25, 0.3) is 0 Å². The lowest BCUT2D eigenvalue weighted by Gasteiger charge is -2.40. The number of aliphatic imine (C=N–C) groups is 1. The molecular formula is C20H30FIN4O4. The van der Waals surface area contributed by atoms with Gasteiger partial charge < -0.3 is 29.7 Å². The van der Waals surface area contributed by atoms with E-state index < -0.39 is 5.60 Å². The second-order valence-electron chi connectivity index (χ2n) is 8.14. The summed E-state index contributed by atoms with van der Waals surface area (Å²) in [5, 5.41) is 6.50. The molecule has 2 aliphatic rings. The Morgan fingerprint density at radius 3 is 2.77 bits per heavy atom. The molecule has 0 saturated carbocycles. The van der Waals surface area contributed by atoms with Crippen LogP contribution in [-0.4, -0.2) is 62.1 Å². The van der Waals surface area contributed by atoms with Crippen molar-refractivity contribution in [3.63, 3.8) is 0 Å². The Labute approximate surface area is 193 Å². The molecule has 0 spiro atoms. The summed E-state index contributed by atoms with van der Waals surface area (Å²) in [5.41, 5.74) is 1.02. The van der Waals surface area contributed by atoms with Gasteiger partial charge in [0.1, 0.15) is 17.2 Å². The maximum atomic E-state index is 13.8. The van der Waals surface area contributed by atoms with Crippen molar-refractivity contribution in [1.29, 1.82) is 0 Å². The highest BCUT2D eigenvalue weighted by Crippen LogP contribution is 2.29. The van der Waals surface area contributed by atoms with E-state index in [0.717, 1.165) is 11.1 Å². The molecule has 0 aliphatic carbocycles. The normalized spacial score (nSPS) is 16.6. The highest BCUT2D eigenvalue weighted by atomic mass is 127. The zero-order chi connectivity index (χ0) is 21.0. The first-order valence-electron chi connectivity index (χ1n) is 9.72. The number of fused-ring (bicyclic) bond motifs is 1. The molecule has 0 bridgehead atoms.